The van der Waals surface area contributed by atoms with E-state index in [-0.39, 0.29) is 17.9 Å². The van der Waals surface area contributed by atoms with E-state index in [0.717, 1.165) is 42.6 Å². The lowest BCUT2D eigenvalue weighted by Crippen LogP contribution is -2.51. The van der Waals surface area contributed by atoms with Crippen molar-refractivity contribution in [2.45, 2.75) is 50.1 Å². The predicted molar refractivity (Wildman–Crippen MR) is 146 cm³/mol. The summed E-state index contributed by atoms with van der Waals surface area (Å²) < 4.78 is 16.3. The van der Waals surface area contributed by atoms with Crippen LogP contribution in [-0.4, -0.2) is 44.1 Å². The second-order valence-electron chi connectivity index (χ2n) is 9.84. The third-order valence-electron chi connectivity index (χ3n) is 7.75. The molecule has 0 unspecified atom stereocenters. The molecule has 1 aliphatic carbocycles. The molecule has 1 fully saturated rings. The molecule has 0 aromatic heterocycles. The number of nitrogens with one attached hydrogen (secondary N) is 1. The Bertz CT molecular complexity index is 1300. The van der Waals surface area contributed by atoms with E-state index >= 15 is 0 Å². The first kappa shape index (κ1) is 25.6. The first-order valence-corrected chi connectivity index (χ1v) is 13.1. The minimum Gasteiger partial charge on any atom is -0.497 e. The van der Waals surface area contributed by atoms with Gasteiger partial charge in [0.2, 0.25) is 5.91 Å². The zero-order valence-electron chi connectivity index (χ0n) is 22.1. The summed E-state index contributed by atoms with van der Waals surface area (Å²) in [6, 6.07) is 20.1. The van der Waals surface area contributed by atoms with Gasteiger partial charge in [0.05, 0.1) is 39.0 Å². The lowest BCUT2D eigenvalue weighted by Gasteiger charge is -2.46. The Kier molecular flexibility index (Phi) is 7.54. The van der Waals surface area contributed by atoms with Crippen LogP contribution in [0.3, 0.4) is 0 Å². The highest BCUT2D eigenvalue weighted by Crippen LogP contribution is 2.46. The van der Waals surface area contributed by atoms with Crippen LogP contribution in [-0.2, 0) is 4.79 Å². The Labute approximate surface area is 223 Å². The van der Waals surface area contributed by atoms with Gasteiger partial charge in [-0.25, -0.2) is 0 Å². The van der Waals surface area contributed by atoms with Crippen LogP contribution in [0.5, 0.6) is 17.2 Å². The molecule has 1 heterocycles. The van der Waals surface area contributed by atoms with E-state index in [2.05, 4.69) is 5.32 Å². The smallest absolute Gasteiger partial charge is 0.254 e. The molecule has 2 atom stereocenters. The maximum Gasteiger partial charge on any atom is 0.254 e. The molecule has 7 heteroatoms. The summed E-state index contributed by atoms with van der Waals surface area (Å²) in [6.07, 6.45) is 5.18. The van der Waals surface area contributed by atoms with Crippen molar-refractivity contribution in [3.63, 3.8) is 0 Å². The van der Waals surface area contributed by atoms with Crippen LogP contribution in [0.25, 0.3) is 0 Å². The highest BCUT2D eigenvalue weighted by Gasteiger charge is 2.46. The fourth-order valence-electron chi connectivity index (χ4n) is 5.86. The van der Waals surface area contributed by atoms with Gasteiger partial charge in [-0.15, -0.1) is 0 Å². The molecule has 1 aliphatic heterocycles. The number of fused-ring (bicyclic) bond motifs is 1. The summed E-state index contributed by atoms with van der Waals surface area (Å²) in [7, 11) is 4.77. The summed E-state index contributed by atoms with van der Waals surface area (Å²) in [5, 5.41) is 3.10. The molecule has 5 rings (SSSR count). The molecular formula is C31H34N2O5. The third kappa shape index (κ3) is 4.80. The van der Waals surface area contributed by atoms with Gasteiger partial charge in [-0.05, 0) is 54.3 Å². The van der Waals surface area contributed by atoms with Gasteiger partial charge in [-0.2, -0.15) is 0 Å². The number of hydrogen-bond donors (Lipinski definition) is 1. The van der Waals surface area contributed by atoms with Crippen molar-refractivity contribution in [2.24, 2.45) is 0 Å². The van der Waals surface area contributed by atoms with Crippen molar-refractivity contribution >= 4 is 17.5 Å². The Balaban J connectivity index is 1.62. The van der Waals surface area contributed by atoms with Gasteiger partial charge in [0.1, 0.15) is 17.2 Å². The normalized spacial score (nSPS) is 19.4. The highest BCUT2D eigenvalue weighted by molar-refractivity contribution is 6.05. The molecule has 0 radical (unpaired) electrons. The van der Waals surface area contributed by atoms with E-state index in [0.29, 0.717) is 22.7 Å². The molecule has 38 heavy (non-hydrogen) atoms. The number of carbonyl (C=O) groups excluding carboxylic acids is 2. The zero-order chi connectivity index (χ0) is 26.6. The summed E-state index contributed by atoms with van der Waals surface area (Å²) >= 11 is 0. The van der Waals surface area contributed by atoms with Crippen molar-refractivity contribution in [1.29, 1.82) is 0 Å². The van der Waals surface area contributed by atoms with E-state index in [1.165, 1.54) is 6.42 Å². The molecule has 3 aromatic carbocycles. The molecule has 2 aliphatic rings. The summed E-state index contributed by atoms with van der Waals surface area (Å²) in [6.45, 7) is 0. The van der Waals surface area contributed by atoms with E-state index in [9.17, 15) is 9.59 Å². The number of ether oxygens (including phenoxy) is 3. The molecule has 7 nitrogen and oxygen atoms in total. The number of rotatable bonds is 7. The largest absolute Gasteiger partial charge is 0.497 e. The van der Waals surface area contributed by atoms with E-state index in [4.69, 9.17) is 14.2 Å². The van der Waals surface area contributed by atoms with E-state index < -0.39 is 12.0 Å². The van der Waals surface area contributed by atoms with Gasteiger partial charge in [0.15, 0.2) is 0 Å². The molecule has 0 spiro atoms. The van der Waals surface area contributed by atoms with Crippen LogP contribution >= 0.6 is 0 Å². The fraction of sp³-hybridized carbons (Fsp3) is 0.355. The Hall–Kier alpha value is -4.00. The van der Waals surface area contributed by atoms with Crippen molar-refractivity contribution in [3.8, 4) is 17.2 Å². The number of amides is 2. The van der Waals surface area contributed by atoms with E-state index in [1.807, 2.05) is 53.4 Å². The van der Waals surface area contributed by atoms with Crippen LogP contribution in [0.1, 0.15) is 65.5 Å². The first-order valence-electron chi connectivity index (χ1n) is 13.1. The first-order chi connectivity index (χ1) is 18.5. The van der Waals surface area contributed by atoms with Gasteiger partial charge in [0, 0.05) is 17.7 Å². The molecule has 0 bridgehead atoms. The average molecular weight is 515 g/mol. The van der Waals surface area contributed by atoms with E-state index in [1.54, 1.807) is 39.5 Å². The lowest BCUT2D eigenvalue weighted by atomic mass is 9.77. The van der Waals surface area contributed by atoms with Crippen molar-refractivity contribution < 1.29 is 23.8 Å². The molecule has 0 saturated heterocycles. The molecule has 2 amide bonds. The maximum atomic E-state index is 14.2. The zero-order valence-corrected chi connectivity index (χ0v) is 22.1. The van der Waals surface area contributed by atoms with Crippen molar-refractivity contribution in [3.05, 3.63) is 83.4 Å². The topological polar surface area (TPSA) is 77.1 Å². The number of carbonyl (C=O) groups is 2. The third-order valence-corrected chi connectivity index (χ3v) is 7.75. The molecule has 3 aromatic rings. The SMILES string of the molecule is COc1ccc([C@H]2[C@H](C(=O)Nc3ccc(OC)cc3OC)c3ccccc3C(=O)N2C2CCCCC2)cc1. The molecule has 198 valence electrons. The summed E-state index contributed by atoms with van der Waals surface area (Å²) in [5.41, 5.74) is 2.77. The number of anilines is 1. The van der Waals surface area contributed by atoms with Gasteiger partial charge in [-0.1, -0.05) is 49.6 Å². The summed E-state index contributed by atoms with van der Waals surface area (Å²) in [5.74, 6) is 1.03. The van der Waals surface area contributed by atoms with Crippen LogP contribution in [0.15, 0.2) is 66.7 Å². The van der Waals surface area contributed by atoms with Gasteiger partial charge >= 0.3 is 0 Å². The minimum atomic E-state index is -0.619. The van der Waals surface area contributed by atoms with Gasteiger partial charge in [0.25, 0.3) is 5.91 Å². The van der Waals surface area contributed by atoms with Crippen LogP contribution in [0.2, 0.25) is 0 Å². The minimum absolute atomic E-state index is 0.0144. The predicted octanol–water partition coefficient (Wildman–Crippen LogP) is 5.96. The van der Waals surface area contributed by atoms with Gasteiger partial charge in [-0.3, -0.25) is 9.59 Å². The Morgan fingerprint density at radius 3 is 2.21 bits per heavy atom. The van der Waals surface area contributed by atoms with Crippen molar-refractivity contribution in [1.82, 2.24) is 4.90 Å². The highest BCUT2D eigenvalue weighted by atomic mass is 16.5. The molecule has 1 saturated carbocycles. The van der Waals surface area contributed by atoms with Crippen molar-refractivity contribution in [2.75, 3.05) is 26.6 Å². The number of nitrogens with zero attached hydrogens (tertiary/aromatic N) is 1. The quantitative estimate of drug-likeness (QED) is 0.421. The Morgan fingerprint density at radius 1 is 0.842 bits per heavy atom. The second kappa shape index (κ2) is 11.2. The Morgan fingerprint density at radius 2 is 1.53 bits per heavy atom. The van der Waals surface area contributed by atoms with Crippen LogP contribution in [0.4, 0.5) is 5.69 Å². The molecular weight excluding hydrogens is 480 g/mol. The standard InChI is InChI=1S/C31H34N2O5/c1-36-22-15-13-20(14-16-22)29-28(30(34)32-26-18-17-23(37-2)19-27(26)38-3)24-11-7-8-12-25(24)31(35)33(29)21-9-5-4-6-10-21/h7-8,11-19,21,28-29H,4-6,9-10H2,1-3H3,(H,32,34)/t28-,29+/m1/s1. The maximum absolute atomic E-state index is 14.2. The lowest BCUT2D eigenvalue weighted by molar-refractivity contribution is -0.119. The number of hydrogen-bond acceptors (Lipinski definition) is 5. The van der Waals surface area contributed by atoms with Crippen LogP contribution in [0, 0.1) is 0 Å². The molecule has 1 N–H and O–H groups in total. The second-order valence-corrected chi connectivity index (χ2v) is 9.84. The number of benzene rings is 3. The fourth-order valence-corrected chi connectivity index (χ4v) is 5.86. The summed E-state index contributed by atoms with van der Waals surface area (Å²) in [4.78, 5) is 30.3. The van der Waals surface area contributed by atoms with Gasteiger partial charge < -0.3 is 24.4 Å². The number of methoxy groups -OCH3 is 3. The monoisotopic (exact) mass is 514 g/mol. The van der Waals surface area contributed by atoms with Crippen LogP contribution < -0.4 is 19.5 Å². The average Bonchev–Trinajstić information content (AvgIpc) is 2.97.